The Kier molecular flexibility index (Phi) is 2.81. The zero-order valence-electron chi connectivity index (χ0n) is 9.14. The third-order valence-electron chi connectivity index (χ3n) is 2.31. The van der Waals surface area contributed by atoms with Gasteiger partial charge in [0, 0.05) is 0 Å². The first-order chi connectivity index (χ1) is 7.29. The molecule has 0 saturated carbocycles. The first-order valence-electron chi connectivity index (χ1n) is 5.28. The molecule has 0 aliphatic rings. The van der Waals surface area contributed by atoms with Crippen LogP contribution in [0.15, 0.2) is 30.5 Å². The van der Waals surface area contributed by atoms with E-state index in [1.165, 1.54) is 12.0 Å². The van der Waals surface area contributed by atoms with Crippen LogP contribution in [0.1, 0.15) is 24.6 Å². The fourth-order valence-corrected chi connectivity index (χ4v) is 1.55. The average molecular weight is 201 g/mol. The Hall–Kier alpha value is -1.64. The molecule has 3 nitrogen and oxygen atoms in total. The number of aryl methyl sites for hydroxylation is 2. The van der Waals surface area contributed by atoms with Gasteiger partial charge in [0.2, 0.25) is 0 Å². The summed E-state index contributed by atoms with van der Waals surface area (Å²) in [6.07, 6.45) is 4.07. The maximum atomic E-state index is 4.26. The molecule has 1 aromatic carbocycles. The molecule has 0 N–H and O–H groups in total. The average Bonchev–Trinajstić information content (AvgIpc) is 2.67. The molecule has 0 unspecified atom stereocenters. The highest BCUT2D eigenvalue weighted by Crippen LogP contribution is 2.09. The van der Waals surface area contributed by atoms with E-state index in [0.717, 1.165) is 17.8 Å². The summed E-state index contributed by atoms with van der Waals surface area (Å²) in [5, 5.41) is 8.43. The lowest BCUT2D eigenvalue weighted by molar-refractivity contribution is 0.745. The molecular weight excluding hydrogens is 186 g/mol. The van der Waals surface area contributed by atoms with Gasteiger partial charge in [-0.05, 0) is 31.0 Å². The molecule has 15 heavy (non-hydrogen) atoms. The lowest BCUT2D eigenvalue weighted by Crippen LogP contribution is -1.98. The van der Waals surface area contributed by atoms with Crippen molar-refractivity contribution >= 4 is 0 Å². The van der Waals surface area contributed by atoms with Gasteiger partial charge in [-0.1, -0.05) is 25.5 Å². The van der Waals surface area contributed by atoms with Crippen molar-refractivity contribution in [2.24, 2.45) is 0 Å². The second-order valence-corrected chi connectivity index (χ2v) is 3.69. The molecule has 2 rings (SSSR count). The van der Waals surface area contributed by atoms with Gasteiger partial charge in [-0.15, -0.1) is 0 Å². The van der Waals surface area contributed by atoms with E-state index in [1.807, 2.05) is 6.92 Å². The Balaban J connectivity index is 2.23. The zero-order valence-corrected chi connectivity index (χ0v) is 9.14. The Morgan fingerprint density at radius 1 is 1.20 bits per heavy atom. The normalized spacial score (nSPS) is 10.5. The van der Waals surface area contributed by atoms with E-state index < -0.39 is 0 Å². The molecule has 1 heterocycles. The van der Waals surface area contributed by atoms with Crippen LogP contribution in [-0.2, 0) is 6.42 Å². The maximum Gasteiger partial charge on any atom is 0.0856 e. The standard InChI is InChI=1S/C12H15N3/c1-3-4-11-5-7-12(8-6-11)15-13-9-10(2)14-15/h5-9H,3-4H2,1-2H3. The molecule has 0 radical (unpaired) electrons. The van der Waals surface area contributed by atoms with Gasteiger partial charge < -0.3 is 0 Å². The van der Waals surface area contributed by atoms with Gasteiger partial charge in [0.1, 0.15) is 0 Å². The van der Waals surface area contributed by atoms with E-state index in [1.54, 1.807) is 11.0 Å². The first kappa shape index (κ1) is 9.90. The Bertz CT molecular complexity index is 428. The SMILES string of the molecule is CCCc1ccc(-n2ncc(C)n2)cc1. The summed E-state index contributed by atoms with van der Waals surface area (Å²) < 4.78 is 0. The van der Waals surface area contributed by atoms with Crippen molar-refractivity contribution in [1.29, 1.82) is 0 Å². The number of nitrogens with zero attached hydrogens (tertiary/aromatic N) is 3. The lowest BCUT2D eigenvalue weighted by atomic mass is 10.1. The maximum absolute atomic E-state index is 4.26. The quantitative estimate of drug-likeness (QED) is 0.764. The van der Waals surface area contributed by atoms with Crippen molar-refractivity contribution < 1.29 is 0 Å². The Labute approximate surface area is 89.7 Å². The van der Waals surface area contributed by atoms with Crippen molar-refractivity contribution in [3.05, 3.63) is 41.7 Å². The van der Waals surface area contributed by atoms with Crippen LogP contribution < -0.4 is 0 Å². The minimum atomic E-state index is 0.938. The fraction of sp³-hybridized carbons (Fsp3) is 0.333. The third kappa shape index (κ3) is 2.24. The highest BCUT2D eigenvalue weighted by Gasteiger charge is 1.99. The van der Waals surface area contributed by atoms with Gasteiger partial charge in [-0.3, -0.25) is 0 Å². The van der Waals surface area contributed by atoms with Crippen LogP contribution in [0, 0.1) is 6.92 Å². The summed E-state index contributed by atoms with van der Waals surface area (Å²) >= 11 is 0. The van der Waals surface area contributed by atoms with Gasteiger partial charge >= 0.3 is 0 Å². The second-order valence-electron chi connectivity index (χ2n) is 3.69. The van der Waals surface area contributed by atoms with Crippen molar-refractivity contribution in [2.45, 2.75) is 26.7 Å². The van der Waals surface area contributed by atoms with Crippen molar-refractivity contribution in [1.82, 2.24) is 15.0 Å². The molecule has 0 fully saturated rings. The number of aromatic nitrogens is 3. The van der Waals surface area contributed by atoms with E-state index in [9.17, 15) is 0 Å². The molecule has 0 aliphatic carbocycles. The summed E-state index contributed by atoms with van der Waals surface area (Å²) in [6, 6.07) is 8.39. The summed E-state index contributed by atoms with van der Waals surface area (Å²) in [4.78, 5) is 1.66. The molecule has 0 aliphatic heterocycles. The predicted octanol–water partition coefficient (Wildman–Crippen LogP) is 2.53. The van der Waals surface area contributed by atoms with Gasteiger partial charge in [0.05, 0.1) is 17.6 Å². The van der Waals surface area contributed by atoms with Crippen molar-refractivity contribution in [2.75, 3.05) is 0 Å². The largest absolute Gasteiger partial charge is 0.157 e. The monoisotopic (exact) mass is 201 g/mol. The van der Waals surface area contributed by atoms with Gasteiger partial charge in [0.15, 0.2) is 0 Å². The van der Waals surface area contributed by atoms with Crippen LogP contribution in [0.5, 0.6) is 0 Å². The smallest absolute Gasteiger partial charge is 0.0856 e. The van der Waals surface area contributed by atoms with Gasteiger partial charge in [0.25, 0.3) is 0 Å². The van der Waals surface area contributed by atoms with Crippen LogP contribution >= 0.6 is 0 Å². The minimum absolute atomic E-state index is 0.938. The highest BCUT2D eigenvalue weighted by atomic mass is 15.5. The molecule has 2 aromatic rings. The van der Waals surface area contributed by atoms with Crippen LogP contribution in [0.25, 0.3) is 5.69 Å². The molecule has 0 amide bonds. The minimum Gasteiger partial charge on any atom is -0.157 e. The van der Waals surface area contributed by atoms with E-state index in [2.05, 4.69) is 41.4 Å². The number of benzene rings is 1. The van der Waals surface area contributed by atoms with Gasteiger partial charge in [-0.25, -0.2) is 0 Å². The fourth-order valence-electron chi connectivity index (χ4n) is 1.55. The number of hydrogen-bond donors (Lipinski definition) is 0. The van der Waals surface area contributed by atoms with Crippen LogP contribution in [0.2, 0.25) is 0 Å². The third-order valence-corrected chi connectivity index (χ3v) is 2.31. The first-order valence-corrected chi connectivity index (χ1v) is 5.28. The summed E-state index contributed by atoms with van der Waals surface area (Å²) in [6.45, 7) is 4.13. The van der Waals surface area contributed by atoms with Crippen LogP contribution in [0.4, 0.5) is 0 Å². The van der Waals surface area contributed by atoms with Crippen molar-refractivity contribution in [3.8, 4) is 5.69 Å². The van der Waals surface area contributed by atoms with E-state index in [-0.39, 0.29) is 0 Å². The predicted molar refractivity (Wildman–Crippen MR) is 60.1 cm³/mol. The summed E-state index contributed by atoms with van der Waals surface area (Å²) in [7, 11) is 0. The topological polar surface area (TPSA) is 30.7 Å². The zero-order chi connectivity index (χ0) is 10.7. The van der Waals surface area contributed by atoms with Crippen LogP contribution in [-0.4, -0.2) is 15.0 Å². The van der Waals surface area contributed by atoms with Crippen LogP contribution in [0.3, 0.4) is 0 Å². The molecule has 3 heteroatoms. The lowest BCUT2D eigenvalue weighted by Gasteiger charge is -2.01. The Morgan fingerprint density at radius 3 is 2.47 bits per heavy atom. The summed E-state index contributed by atoms with van der Waals surface area (Å²) in [5.74, 6) is 0. The van der Waals surface area contributed by atoms with E-state index in [4.69, 9.17) is 0 Å². The van der Waals surface area contributed by atoms with E-state index in [0.29, 0.717) is 0 Å². The van der Waals surface area contributed by atoms with E-state index >= 15 is 0 Å². The molecule has 78 valence electrons. The summed E-state index contributed by atoms with van der Waals surface area (Å²) in [5.41, 5.74) is 3.32. The molecule has 0 atom stereocenters. The highest BCUT2D eigenvalue weighted by molar-refractivity contribution is 5.32. The number of rotatable bonds is 3. The second kappa shape index (κ2) is 4.26. The molecular formula is C12H15N3. The van der Waals surface area contributed by atoms with Gasteiger partial charge in [-0.2, -0.15) is 15.0 Å². The molecule has 0 spiro atoms. The molecule has 1 aromatic heterocycles. The molecule has 0 saturated heterocycles. The molecule has 0 bridgehead atoms. The Morgan fingerprint density at radius 2 is 1.93 bits per heavy atom. The van der Waals surface area contributed by atoms with Crippen molar-refractivity contribution in [3.63, 3.8) is 0 Å². The number of hydrogen-bond acceptors (Lipinski definition) is 2.